The Hall–Kier alpha value is -1.41. The molecule has 2 heteroatoms. The lowest BCUT2D eigenvalue weighted by atomic mass is 9.88. The standard InChI is InChI=1S/C19H27NSi/c1-19(2,3)17-11-13-20-18(15-17)21(4,5)14-12-16-9-7-6-8-10-16/h6-11,13,15H,12,14H2,1-5H3. The lowest BCUT2D eigenvalue weighted by molar-refractivity contribution is 0.590. The van der Waals surface area contributed by atoms with Gasteiger partial charge in [0.25, 0.3) is 0 Å². The Kier molecular flexibility index (Phi) is 4.67. The summed E-state index contributed by atoms with van der Waals surface area (Å²) in [4.78, 5) is 4.70. The summed E-state index contributed by atoms with van der Waals surface area (Å²) in [6.07, 6.45) is 3.15. The van der Waals surface area contributed by atoms with Crippen LogP contribution < -0.4 is 5.32 Å². The number of benzene rings is 1. The quantitative estimate of drug-likeness (QED) is 0.755. The molecule has 2 aromatic rings. The molecule has 0 bridgehead atoms. The normalized spacial score (nSPS) is 12.4. The van der Waals surface area contributed by atoms with Crippen LogP contribution >= 0.6 is 0 Å². The van der Waals surface area contributed by atoms with Crippen molar-refractivity contribution >= 4 is 13.4 Å². The third-order valence-corrected chi connectivity index (χ3v) is 7.36. The minimum atomic E-state index is -1.48. The maximum atomic E-state index is 4.70. The van der Waals surface area contributed by atoms with Gasteiger partial charge in [-0.15, -0.1) is 0 Å². The van der Waals surface area contributed by atoms with Crippen LogP contribution in [0, 0.1) is 0 Å². The zero-order valence-corrected chi connectivity index (χ0v) is 15.0. The van der Waals surface area contributed by atoms with E-state index in [2.05, 4.69) is 76.3 Å². The molecule has 0 radical (unpaired) electrons. The van der Waals surface area contributed by atoms with Gasteiger partial charge in [0.2, 0.25) is 0 Å². The van der Waals surface area contributed by atoms with Gasteiger partial charge in [0, 0.05) is 11.5 Å². The number of aromatic nitrogens is 1. The fraction of sp³-hybridized carbons (Fsp3) is 0.421. The van der Waals surface area contributed by atoms with Crippen molar-refractivity contribution < 1.29 is 0 Å². The highest BCUT2D eigenvalue weighted by molar-refractivity contribution is 6.89. The van der Waals surface area contributed by atoms with E-state index in [1.54, 1.807) is 0 Å². The highest BCUT2D eigenvalue weighted by Crippen LogP contribution is 2.22. The molecule has 1 aromatic carbocycles. The molecule has 1 heterocycles. The Labute approximate surface area is 130 Å². The van der Waals surface area contributed by atoms with Gasteiger partial charge in [-0.05, 0) is 41.1 Å². The number of pyridine rings is 1. The average molecular weight is 298 g/mol. The smallest absolute Gasteiger partial charge is 0.105 e. The van der Waals surface area contributed by atoms with Gasteiger partial charge >= 0.3 is 0 Å². The van der Waals surface area contributed by atoms with Crippen LogP contribution in [-0.2, 0) is 11.8 Å². The zero-order valence-electron chi connectivity index (χ0n) is 14.0. The first-order chi connectivity index (χ1) is 9.79. The predicted molar refractivity (Wildman–Crippen MR) is 95.0 cm³/mol. The van der Waals surface area contributed by atoms with E-state index in [1.807, 2.05) is 6.20 Å². The fourth-order valence-corrected chi connectivity index (χ4v) is 4.64. The number of nitrogens with zero attached hydrogens (tertiary/aromatic N) is 1. The summed E-state index contributed by atoms with van der Waals surface area (Å²) in [6.45, 7) is 11.7. The van der Waals surface area contributed by atoms with Crippen molar-refractivity contribution in [2.24, 2.45) is 0 Å². The molecule has 0 fully saturated rings. The summed E-state index contributed by atoms with van der Waals surface area (Å²) in [5, 5.41) is 1.34. The van der Waals surface area contributed by atoms with Gasteiger partial charge in [-0.1, -0.05) is 64.2 Å². The minimum absolute atomic E-state index is 0.196. The van der Waals surface area contributed by atoms with E-state index in [0.717, 1.165) is 6.42 Å². The van der Waals surface area contributed by atoms with Crippen molar-refractivity contribution in [2.45, 2.75) is 51.7 Å². The minimum Gasteiger partial charge on any atom is -0.266 e. The second kappa shape index (κ2) is 6.14. The number of hydrogen-bond acceptors (Lipinski definition) is 1. The van der Waals surface area contributed by atoms with Crippen molar-refractivity contribution in [1.82, 2.24) is 4.98 Å². The second-order valence-electron chi connectivity index (χ2n) is 7.55. The summed E-state index contributed by atoms with van der Waals surface area (Å²) >= 11 is 0. The SMILES string of the molecule is CC(C)(C)c1ccnc([Si](C)(C)CCc2ccccc2)c1. The Balaban J connectivity index is 2.15. The average Bonchev–Trinajstić information content (AvgIpc) is 2.46. The number of rotatable bonds is 4. The van der Waals surface area contributed by atoms with Crippen LogP contribution in [0.2, 0.25) is 19.1 Å². The molecule has 0 aliphatic heterocycles. The van der Waals surface area contributed by atoms with Crippen LogP contribution in [0.3, 0.4) is 0 Å². The predicted octanol–water partition coefficient (Wildman–Crippen LogP) is 4.54. The van der Waals surface area contributed by atoms with Gasteiger partial charge < -0.3 is 0 Å². The zero-order chi connectivity index (χ0) is 15.5. The molecular weight excluding hydrogens is 270 g/mol. The molecule has 112 valence electrons. The molecule has 0 amide bonds. The highest BCUT2D eigenvalue weighted by Gasteiger charge is 2.26. The van der Waals surface area contributed by atoms with E-state index in [0.29, 0.717) is 0 Å². The van der Waals surface area contributed by atoms with Crippen LogP contribution in [0.5, 0.6) is 0 Å². The van der Waals surface area contributed by atoms with Gasteiger partial charge in [-0.3, -0.25) is 4.98 Å². The van der Waals surface area contributed by atoms with Crippen molar-refractivity contribution in [3.63, 3.8) is 0 Å². The number of aryl methyl sites for hydroxylation is 1. The van der Waals surface area contributed by atoms with Crippen molar-refractivity contribution in [2.75, 3.05) is 0 Å². The largest absolute Gasteiger partial charge is 0.266 e. The van der Waals surface area contributed by atoms with E-state index in [1.165, 1.54) is 22.5 Å². The van der Waals surface area contributed by atoms with E-state index < -0.39 is 8.07 Å². The van der Waals surface area contributed by atoms with Gasteiger partial charge in [0.1, 0.15) is 8.07 Å². The monoisotopic (exact) mass is 297 g/mol. The maximum Gasteiger partial charge on any atom is 0.105 e. The van der Waals surface area contributed by atoms with E-state index >= 15 is 0 Å². The van der Waals surface area contributed by atoms with E-state index in [-0.39, 0.29) is 5.41 Å². The fourth-order valence-electron chi connectivity index (χ4n) is 2.50. The van der Waals surface area contributed by atoms with Gasteiger partial charge in [0.05, 0.1) is 0 Å². The molecule has 0 saturated heterocycles. The van der Waals surface area contributed by atoms with Crippen LogP contribution in [0.1, 0.15) is 31.9 Å². The van der Waals surface area contributed by atoms with Gasteiger partial charge in [-0.2, -0.15) is 0 Å². The second-order valence-corrected chi connectivity index (χ2v) is 12.3. The lowest BCUT2D eigenvalue weighted by Gasteiger charge is -2.25. The first-order valence-electron chi connectivity index (χ1n) is 7.80. The Morgan fingerprint density at radius 1 is 1.00 bits per heavy atom. The molecule has 0 saturated carbocycles. The molecule has 0 atom stereocenters. The topological polar surface area (TPSA) is 12.9 Å². The van der Waals surface area contributed by atoms with E-state index in [4.69, 9.17) is 4.98 Å². The van der Waals surface area contributed by atoms with Gasteiger partial charge in [-0.25, -0.2) is 0 Å². The first-order valence-corrected chi connectivity index (χ1v) is 11.0. The Morgan fingerprint density at radius 3 is 2.29 bits per heavy atom. The molecule has 1 nitrogen and oxygen atoms in total. The Bertz CT molecular complexity index is 582. The first kappa shape index (κ1) is 16.0. The summed E-state index contributed by atoms with van der Waals surface area (Å²) in [5.74, 6) is 0. The van der Waals surface area contributed by atoms with Crippen LogP contribution in [0.15, 0.2) is 48.7 Å². The van der Waals surface area contributed by atoms with Crippen LogP contribution in [0.4, 0.5) is 0 Å². The Morgan fingerprint density at radius 2 is 1.67 bits per heavy atom. The third-order valence-electron chi connectivity index (χ3n) is 4.20. The summed E-state index contributed by atoms with van der Waals surface area (Å²) in [6, 6.07) is 16.5. The third kappa shape index (κ3) is 4.27. The lowest BCUT2D eigenvalue weighted by Crippen LogP contribution is -2.44. The van der Waals surface area contributed by atoms with Crippen molar-refractivity contribution in [3.8, 4) is 0 Å². The summed E-state index contributed by atoms with van der Waals surface area (Å²) in [5.41, 5.74) is 3.03. The van der Waals surface area contributed by atoms with Gasteiger partial charge in [0.15, 0.2) is 0 Å². The molecule has 0 N–H and O–H groups in total. The highest BCUT2D eigenvalue weighted by atomic mass is 28.3. The molecule has 21 heavy (non-hydrogen) atoms. The molecule has 2 rings (SSSR count). The van der Waals surface area contributed by atoms with Crippen molar-refractivity contribution in [1.29, 1.82) is 0 Å². The van der Waals surface area contributed by atoms with Crippen molar-refractivity contribution in [3.05, 3.63) is 59.8 Å². The van der Waals surface area contributed by atoms with Crippen LogP contribution in [0.25, 0.3) is 0 Å². The molecule has 1 aromatic heterocycles. The molecular formula is C19H27NSi. The molecule has 0 unspecified atom stereocenters. The van der Waals surface area contributed by atoms with Crippen LogP contribution in [-0.4, -0.2) is 13.1 Å². The number of hydrogen-bond donors (Lipinski definition) is 0. The molecule has 0 aliphatic carbocycles. The maximum absolute atomic E-state index is 4.70. The summed E-state index contributed by atoms with van der Waals surface area (Å²) in [7, 11) is -1.48. The van der Waals surface area contributed by atoms with E-state index in [9.17, 15) is 0 Å². The molecule has 0 aliphatic rings. The molecule has 0 spiro atoms. The summed E-state index contributed by atoms with van der Waals surface area (Å²) < 4.78 is 0.